The summed E-state index contributed by atoms with van der Waals surface area (Å²) in [6.45, 7) is 4.80. The molecule has 1 aromatic heterocycles. The predicted molar refractivity (Wildman–Crippen MR) is 80.6 cm³/mol. The zero-order chi connectivity index (χ0) is 14.8. The van der Waals surface area contributed by atoms with Crippen LogP contribution >= 0.6 is 0 Å². The Morgan fingerprint density at radius 3 is 2.45 bits per heavy atom. The standard InChI is InChI=1S/C16H24N3O/c1-13-11-16(20-14(2)19(3,4)5)18(17-13)12-15-9-7-6-8-10-15/h6-11,14H,12H2,1-5H3/q+1. The molecule has 0 N–H and O–H groups in total. The van der Waals surface area contributed by atoms with E-state index in [9.17, 15) is 0 Å². The minimum atomic E-state index is 0.0700. The van der Waals surface area contributed by atoms with E-state index in [4.69, 9.17) is 4.74 Å². The molecule has 1 heterocycles. The van der Waals surface area contributed by atoms with Crippen LogP contribution < -0.4 is 4.74 Å². The fourth-order valence-corrected chi connectivity index (χ4v) is 1.82. The smallest absolute Gasteiger partial charge is 0.232 e. The molecule has 4 nitrogen and oxygen atoms in total. The van der Waals surface area contributed by atoms with Gasteiger partial charge in [0.25, 0.3) is 0 Å². The molecule has 0 aliphatic heterocycles. The van der Waals surface area contributed by atoms with Crippen LogP contribution in [0.2, 0.25) is 0 Å². The second-order valence-electron chi connectivity index (χ2n) is 6.10. The maximum Gasteiger partial charge on any atom is 0.232 e. The molecule has 0 radical (unpaired) electrons. The molecule has 4 heteroatoms. The largest absolute Gasteiger partial charge is 0.426 e. The van der Waals surface area contributed by atoms with Gasteiger partial charge in [-0.05, 0) is 12.5 Å². The highest BCUT2D eigenvalue weighted by Crippen LogP contribution is 2.18. The summed E-state index contributed by atoms with van der Waals surface area (Å²) >= 11 is 0. The molecule has 0 spiro atoms. The average Bonchev–Trinajstić information content (AvgIpc) is 2.69. The zero-order valence-corrected chi connectivity index (χ0v) is 13.0. The molecule has 1 aromatic carbocycles. The summed E-state index contributed by atoms with van der Waals surface area (Å²) in [7, 11) is 6.36. The number of rotatable bonds is 5. The van der Waals surface area contributed by atoms with E-state index in [1.807, 2.05) is 35.9 Å². The summed E-state index contributed by atoms with van der Waals surface area (Å²) < 4.78 is 8.75. The molecule has 1 atom stereocenters. The molecule has 0 amide bonds. The van der Waals surface area contributed by atoms with Gasteiger partial charge in [-0.15, -0.1) is 0 Å². The summed E-state index contributed by atoms with van der Waals surface area (Å²) in [4.78, 5) is 0. The monoisotopic (exact) mass is 274 g/mol. The van der Waals surface area contributed by atoms with E-state index < -0.39 is 0 Å². The predicted octanol–water partition coefficient (Wildman–Crippen LogP) is 2.67. The first kappa shape index (κ1) is 14.6. The van der Waals surface area contributed by atoms with Crippen molar-refractivity contribution < 1.29 is 9.22 Å². The summed E-state index contributed by atoms with van der Waals surface area (Å²) in [5.41, 5.74) is 2.20. The Hall–Kier alpha value is -1.81. The lowest BCUT2D eigenvalue weighted by molar-refractivity contribution is -0.912. The number of nitrogens with zero attached hydrogens (tertiary/aromatic N) is 3. The molecule has 0 aliphatic rings. The molecule has 0 bridgehead atoms. The van der Waals surface area contributed by atoms with Gasteiger partial charge in [-0.3, -0.25) is 4.48 Å². The minimum absolute atomic E-state index is 0.0700. The van der Waals surface area contributed by atoms with Crippen molar-refractivity contribution in [3.05, 3.63) is 47.7 Å². The fourth-order valence-electron chi connectivity index (χ4n) is 1.82. The van der Waals surface area contributed by atoms with E-state index in [-0.39, 0.29) is 6.23 Å². The van der Waals surface area contributed by atoms with Crippen molar-refractivity contribution in [2.45, 2.75) is 26.6 Å². The Morgan fingerprint density at radius 1 is 1.20 bits per heavy atom. The van der Waals surface area contributed by atoms with Gasteiger partial charge in [0, 0.05) is 13.0 Å². The van der Waals surface area contributed by atoms with Gasteiger partial charge in [0.2, 0.25) is 12.1 Å². The quantitative estimate of drug-likeness (QED) is 0.619. The number of benzene rings is 1. The molecule has 2 aromatic rings. The van der Waals surface area contributed by atoms with Crippen LogP contribution in [0.4, 0.5) is 0 Å². The van der Waals surface area contributed by atoms with E-state index in [1.54, 1.807) is 0 Å². The second kappa shape index (κ2) is 5.67. The Kier molecular flexibility index (Phi) is 4.14. The van der Waals surface area contributed by atoms with Crippen LogP contribution in [0.25, 0.3) is 0 Å². The zero-order valence-electron chi connectivity index (χ0n) is 13.0. The van der Waals surface area contributed by atoms with Crippen molar-refractivity contribution in [2.24, 2.45) is 0 Å². The lowest BCUT2D eigenvalue weighted by Gasteiger charge is -2.31. The average molecular weight is 274 g/mol. The van der Waals surface area contributed by atoms with Gasteiger partial charge in [0.1, 0.15) is 0 Å². The highest BCUT2D eigenvalue weighted by atomic mass is 16.5. The SMILES string of the molecule is Cc1cc(OC(C)[N+](C)(C)C)n(Cc2ccccc2)n1. The first-order chi connectivity index (χ1) is 9.36. The van der Waals surface area contributed by atoms with Crippen LogP contribution in [-0.4, -0.2) is 41.6 Å². The molecule has 1 unspecified atom stereocenters. The minimum Gasteiger partial charge on any atom is -0.426 e. The maximum atomic E-state index is 6.08. The van der Waals surface area contributed by atoms with Gasteiger partial charge in [-0.25, -0.2) is 4.68 Å². The van der Waals surface area contributed by atoms with Crippen LogP contribution in [-0.2, 0) is 6.54 Å². The van der Waals surface area contributed by atoms with Crippen molar-refractivity contribution >= 4 is 0 Å². The Labute approximate surface area is 121 Å². The third kappa shape index (κ3) is 3.61. The molecule has 2 rings (SSSR count). The molecule has 0 aliphatic carbocycles. The van der Waals surface area contributed by atoms with Gasteiger partial charge < -0.3 is 4.74 Å². The van der Waals surface area contributed by atoms with E-state index in [0.717, 1.165) is 22.6 Å². The van der Waals surface area contributed by atoms with Crippen LogP contribution in [0.3, 0.4) is 0 Å². The number of aromatic nitrogens is 2. The van der Waals surface area contributed by atoms with Gasteiger partial charge >= 0.3 is 0 Å². The van der Waals surface area contributed by atoms with E-state index in [1.165, 1.54) is 5.56 Å². The molecule has 108 valence electrons. The molecule has 0 saturated heterocycles. The molecular formula is C16H24N3O+. The van der Waals surface area contributed by atoms with Crippen LogP contribution in [0.1, 0.15) is 18.2 Å². The number of ether oxygens (including phenoxy) is 1. The highest BCUT2D eigenvalue weighted by Gasteiger charge is 2.21. The summed E-state index contributed by atoms with van der Waals surface area (Å²) in [6.07, 6.45) is 0.0700. The van der Waals surface area contributed by atoms with E-state index in [2.05, 4.69) is 45.3 Å². The molecular weight excluding hydrogens is 250 g/mol. The first-order valence-corrected chi connectivity index (χ1v) is 6.92. The summed E-state index contributed by atoms with van der Waals surface area (Å²) in [5, 5.41) is 4.53. The summed E-state index contributed by atoms with van der Waals surface area (Å²) in [5.74, 6) is 0.826. The number of hydrogen-bond acceptors (Lipinski definition) is 2. The van der Waals surface area contributed by atoms with Gasteiger partial charge in [0.05, 0.1) is 33.4 Å². The van der Waals surface area contributed by atoms with Crippen LogP contribution in [0, 0.1) is 6.92 Å². The maximum absolute atomic E-state index is 6.08. The Balaban J connectivity index is 2.18. The molecule has 20 heavy (non-hydrogen) atoms. The number of hydrogen-bond donors (Lipinski definition) is 0. The fraction of sp³-hybridized carbons (Fsp3) is 0.438. The molecule has 0 saturated carbocycles. The number of aryl methyl sites for hydroxylation is 1. The third-order valence-electron chi connectivity index (χ3n) is 3.42. The van der Waals surface area contributed by atoms with E-state index in [0.29, 0.717) is 0 Å². The topological polar surface area (TPSA) is 27.1 Å². The number of quaternary nitrogens is 1. The first-order valence-electron chi connectivity index (χ1n) is 6.92. The van der Waals surface area contributed by atoms with Crippen LogP contribution in [0.5, 0.6) is 5.88 Å². The lowest BCUT2D eigenvalue weighted by atomic mass is 10.2. The van der Waals surface area contributed by atoms with Crippen molar-refractivity contribution in [1.82, 2.24) is 9.78 Å². The van der Waals surface area contributed by atoms with Gasteiger partial charge in [-0.1, -0.05) is 30.3 Å². The van der Waals surface area contributed by atoms with Gasteiger partial charge in [0.15, 0.2) is 0 Å². The normalized spacial score (nSPS) is 13.2. The van der Waals surface area contributed by atoms with E-state index >= 15 is 0 Å². The third-order valence-corrected chi connectivity index (χ3v) is 3.42. The Morgan fingerprint density at radius 2 is 1.85 bits per heavy atom. The summed E-state index contributed by atoms with van der Waals surface area (Å²) in [6, 6.07) is 12.3. The van der Waals surface area contributed by atoms with Crippen molar-refractivity contribution in [3.8, 4) is 5.88 Å². The second-order valence-corrected chi connectivity index (χ2v) is 6.10. The van der Waals surface area contributed by atoms with Crippen LogP contribution in [0.15, 0.2) is 36.4 Å². The molecule has 0 fully saturated rings. The van der Waals surface area contributed by atoms with Crippen molar-refractivity contribution in [2.75, 3.05) is 21.1 Å². The van der Waals surface area contributed by atoms with Gasteiger partial charge in [-0.2, -0.15) is 5.10 Å². The highest BCUT2D eigenvalue weighted by molar-refractivity contribution is 5.20. The Bertz CT molecular complexity index is 555. The lowest BCUT2D eigenvalue weighted by Crippen LogP contribution is -2.46. The van der Waals surface area contributed by atoms with Crippen molar-refractivity contribution in [3.63, 3.8) is 0 Å². The van der Waals surface area contributed by atoms with Crippen molar-refractivity contribution in [1.29, 1.82) is 0 Å².